The van der Waals surface area contributed by atoms with Crippen LogP contribution in [0, 0.1) is 5.95 Å². The van der Waals surface area contributed by atoms with Crippen molar-refractivity contribution in [1.82, 2.24) is 9.29 Å². The monoisotopic (exact) mass is 256 g/mol. The zero-order valence-corrected chi connectivity index (χ0v) is 11.1. The summed E-state index contributed by atoms with van der Waals surface area (Å²) in [6.07, 6.45) is 2.49. The molecule has 1 fully saturated rings. The third kappa shape index (κ3) is 2.55. The molecule has 0 bridgehead atoms. The predicted octanol–water partition coefficient (Wildman–Crippen LogP) is 2.43. The number of nitrogens with zero attached hydrogens (tertiary/aromatic N) is 2. The van der Waals surface area contributed by atoms with E-state index in [0.717, 1.165) is 18.5 Å². The summed E-state index contributed by atoms with van der Waals surface area (Å²) in [7, 11) is -1.02. The minimum atomic E-state index is -1.02. The molecular weight excluding hydrogens is 239 g/mol. The molecule has 0 amide bonds. The molecule has 0 radical (unpaired) electrons. The second kappa shape index (κ2) is 4.46. The first-order valence-electron chi connectivity index (χ1n) is 5.69. The Labute approximate surface area is 104 Å². The third-order valence-corrected chi connectivity index (χ3v) is 4.75. The first-order valence-corrected chi connectivity index (χ1v) is 6.80. The highest BCUT2D eigenvalue weighted by molar-refractivity contribution is 7.84. The maximum Gasteiger partial charge on any atom is 0.212 e. The molecule has 0 aromatic carbocycles. The summed E-state index contributed by atoms with van der Waals surface area (Å²) in [5.74, 6) is -0.475. The van der Waals surface area contributed by atoms with E-state index in [1.807, 2.05) is 25.1 Å². The normalized spacial score (nSPS) is 23.2. The molecule has 5 heteroatoms. The molecule has 0 spiro atoms. The zero-order chi connectivity index (χ0) is 12.6. The van der Waals surface area contributed by atoms with Crippen molar-refractivity contribution in [2.45, 2.75) is 38.0 Å². The van der Waals surface area contributed by atoms with Crippen LogP contribution in [-0.4, -0.2) is 24.8 Å². The van der Waals surface area contributed by atoms with Crippen molar-refractivity contribution in [2.75, 3.05) is 6.54 Å². The van der Waals surface area contributed by atoms with Crippen molar-refractivity contribution >= 4 is 11.0 Å². The van der Waals surface area contributed by atoms with E-state index < -0.39 is 16.9 Å². The van der Waals surface area contributed by atoms with Gasteiger partial charge in [-0.15, -0.1) is 0 Å². The number of pyridine rings is 1. The van der Waals surface area contributed by atoms with Gasteiger partial charge in [0.15, 0.2) is 0 Å². The lowest BCUT2D eigenvalue weighted by molar-refractivity contribution is 0.209. The van der Waals surface area contributed by atoms with E-state index in [1.54, 1.807) is 6.07 Å². The van der Waals surface area contributed by atoms with Crippen LogP contribution >= 0.6 is 0 Å². The molecular formula is C12H17FN2OS. The Bertz CT molecular complexity index is 427. The summed E-state index contributed by atoms with van der Waals surface area (Å²) in [6.45, 7) is 6.70. The van der Waals surface area contributed by atoms with Crippen LogP contribution in [-0.2, 0) is 11.0 Å². The smallest absolute Gasteiger partial charge is 0.212 e. The minimum absolute atomic E-state index is 0.114. The Balaban J connectivity index is 2.14. The van der Waals surface area contributed by atoms with Crippen molar-refractivity contribution in [3.05, 3.63) is 29.8 Å². The van der Waals surface area contributed by atoms with E-state index in [0.29, 0.717) is 0 Å². The summed E-state index contributed by atoms with van der Waals surface area (Å²) in [6, 6.07) is 3.19. The molecule has 1 aromatic rings. The summed E-state index contributed by atoms with van der Waals surface area (Å²) < 4.78 is 26.7. The van der Waals surface area contributed by atoms with Crippen molar-refractivity contribution in [2.24, 2.45) is 0 Å². The second-order valence-corrected chi connectivity index (χ2v) is 7.41. The summed E-state index contributed by atoms with van der Waals surface area (Å²) in [5, 5.41) is 0. The van der Waals surface area contributed by atoms with E-state index >= 15 is 0 Å². The average molecular weight is 256 g/mol. The fraction of sp³-hybridized carbons (Fsp3) is 0.583. The Kier molecular flexibility index (Phi) is 3.32. The van der Waals surface area contributed by atoms with Gasteiger partial charge in [0.25, 0.3) is 0 Å². The Morgan fingerprint density at radius 1 is 1.47 bits per heavy atom. The first-order chi connectivity index (χ1) is 7.89. The van der Waals surface area contributed by atoms with Gasteiger partial charge >= 0.3 is 0 Å². The third-order valence-electron chi connectivity index (χ3n) is 2.84. The molecule has 2 atom stereocenters. The van der Waals surface area contributed by atoms with Gasteiger partial charge in [0.1, 0.15) is 11.0 Å². The molecule has 3 nitrogen and oxygen atoms in total. The van der Waals surface area contributed by atoms with Gasteiger partial charge in [-0.05, 0) is 38.8 Å². The molecule has 0 saturated carbocycles. The quantitative estimate of drug-likeness (QED) is 0.761. The molecule has 1 aliphatic rings. The molecule has 2 rings (SSSR count). The lowest BCUT2D eigenvalue weighted by Gasteiger charge is -2.42. The van der Waals surface area contributed by atoms with Gasteiger partial charge in [0.2, 0.25) is 5.95 Å². The van der Waals surface area contributed by atoms with Crippen LogP contribution in [0.15, 0.2) is 18.3 Å². The topological polar surface area (TPSA) is 33.2 Å². The molecule has 2 unspecified atom stereocenters. The maximum absolute atomic E-state index is 12.7. The fourth-order valence-corrected chi connectivity index (χ4v) is 3.26. The Morgan fingerprint density at radius 2 is 2.18 bits per heavy atom. The average Bonchev–Trinajstić information content (AvgIpc) is 2.18. The van der Waals surface area contributed by atoms with Gasteiger partial charge in [-0.3, -0.25) is 0 Å². The molecule has 0 N–H and O–H groups in total. The van der Waals surface area contributed by atoms with E-state index in [9.17, 15) is 8.60 Å². The summed E-state index contributed by atoms with van der Waals surface area (Å²) in [5.41, 5.74) is 0.940. The maximum atomic E-state index is 12.7. The second-order valence-electron chi connectivity index (χ2n) is 5.22. The first kappa shape index (κ1) is 12.6. The highest BCUT2D eigenvalue weighted by Crippen LogP contribution is 2.36. The summed E-state index contributed by atoms with van der Waals surface area (Å²) in [4.78, 5) is 3.65. The van der Waals surface area contributed by atoms with Gasteiger partial charge in [-0.2, -0.15) is 4.39 Å². The van der Waals surface area contributed by atoms with Crippen LogP contribution in [0.1, 0.15) is 38.8 Å². The van der Waals surface area contributed by atoms with E-state index in [1.165, 1.54) is 12.3 Å². The zero-order valence-electron chi connectivity index (χ0n) is 10.3. The van der Waals surface area contributed by atoms with Crippen LogP contribution in [0.2, 0.25) is 0 Å². The number of hydrogen-bond acceptors (Lipinski definition) is 2. The predicted molar refractivity (Wildman–Crippen MR) is 66.2 cm³/mol. The van der Waals surface area contributed by atoms with Crippen LogP contribution < -0.4 is 0 Å². The minimum Gasteiger partial charge on any atom is -0.242 e. The number of aromatic nitrogens is 1. The largest absolute Gasteiger partial charge is 0.242 e. The highest BCUT2D eigenvalue weighted by atomic mass is 32.2. The molecule has 1 aliphatic heterocycles. The molecule has 1 saturated heterocycles. The van der Waals surface area contributed by atoms with Gasteiger partial charge in [-0.1, -0.05) is 6.07 Å². The Morgan fingerprint density at radius 3 is 2.59 bits per heavy atom. The molecule has 94 valence electrons. The molecule has 17 heavy (non-hydrogen) atoms. The van der Waals surface area contributed by atoms with Crippen molar-refractivity contribution < 1.29 is 8.60 Å². The van der Waals surface area contributed by atoms with Crippen molar-refractivity contribution in [1.29, 1.82) is 0 Å². The van der Waals surface area contributed by atoms with Gasteiger partial charge in [-0.25, -0.2) is 13.5 Å². The van der Waals surface area contributed by atoms with Crippen LogP contribution in [0.5, 0.6) is 0 Å². The lowest BCUT2D eigenvalue weighted by atomic mass is 10.00. The number of halogens is 1. The molecule has 0 aliphatic carbocycles. The molecule has 1 aromatic heterocycles. The number of hydrogen-bond donors (Lipinski definition) is 0. The van der Waals surface area contributed by atoms with E-state index in [-0.39, 0.29) is 10.8 Å². The lowest BCUT2D eigenvalue weighted by Crippen LogP contribution is -2.47. The van der Waals surface area contributed by atoms with Gasteiger partial charge < -0.3 is 0 Å². The number of rotatable bonds is 2. The van der Waals surface area contributed by atoms with E-state index in [4.69, 9.17) is 0 Å². The fourth-order valence-electron chi connectivity index (χ4n) is 1.83. The molecule has 2 heterocycles. The summed E-state index contributed by atoms with van der Waals surface area (Å²) >= 11 is 0. The van der Waals surface area contributed by atoms with Crippen LogP contribution in [0.3, 0.4) is 0 Å². The van der Waals surface area contributed by atoms with E-state index in [2.05, 4.69) is 4.98 Å². The van der Waals surface area contributed by atoms with Crippen molar-refractivity contribution in [3.8, 4) is 0 Å². The van der Waals surface area contributed by atoms with Crippen molar-refractivity contribution in [3.63, 3.8) is 0 Å². The standard InChI is InChI=1S/C12H17FN2OS/c1-12(2,3)17(16)15-7-6-10(15)9-4-5-11(13)14-8-9/h4-5,8,10H,6-7H2,1-3H3. The van der Waals surface area contributed by atoms with Gasteiger partial charge in [0.05, 0.1) is 10.8 Å². The van der Waals surface area contributed by atoms with Crippen LogP contribution in [0.25, 0.3) is 0 Å². The van der Waals surface area contributed by atoms with Gasteiger partial charge in [0, 0.05) is 12.7 Å². The van der Waals surface area contributed by atoms with Crippen LogP contribution in [0.4, 0.5) is 4.39 Å². The highest BCUT2D eigenvalue weighted by Gasteiger charge is 2.38. The Hall–Kier alpha value is -0.810. The SMILES string of the molecule is CC(C)(C)S(=O)N1CCC1c1ccc(F)nc1.